The Labute approximate surface area is 106 Å². The van der Waals surface area contributed by atoms with Gasteiger partial charge in [0.1, 0.15) is 12.4 Å². The lowest BCUT2D eigenvalue weighted by molar-refractivity contribution is -0.124. The first-order valence-electron chi connectivity index (χ1n) is 6.23. The van der Waals surface area contributed by atoms with Gasteiger partial charge in [-0.25, -0.2) is 4.68 Å². The second-order valence-electron chi connectivity index (χ2n) is 4.45. The van der Waals surface area contributed by atoms with Gasteiger partial charge in [-0.05, 0) is 13.3 Å². The Morgan fingerprint density at radius 2 is 2.33 bits per heavy atom. The van der Waals surface area contributed by atoms with E-state index in [9.17, 15) is 9.59 Å². The van der Waals surface area contributed by atoms with Crippen LogP contribution in [0.4, 0.5) is 5.82 Å². The summed E-state index contributed by atoms with van der Waals surface area (Å²) in [5.41, 5.74) is 0.860. The minimum absolute atomic E-state index is 0.0194. The topological polar surface area (TPSA) is 67.2 Å². The number of amides is 2. The molecule has 2 rings (SSSR count). The van der Waals surface area contributed by atoms with E-state index in [2.05, 4.69) is 10.4 Å². The van der Waals surface area contributed by atoms with Crippen LogP contribution >= 0.6 is 0 Å². The summed E-state index contributed by atoms with van der Waals surface area (Å²) in [5.74, 6) is 0.571. The molecule has 18 heavy (non-hydrogen) atoms. The molecule has 0 bridgehead atoms. The van der Waals surface area contributed by atoms with Crippen molar-refractivity contribution in [2.24, 2.45) is 0 Å². The molecule has 0 saturated carbocycles. The first kappa shape index (κ1) is 12.6. The van der Waals surface area contributed by atoms with E-state index in [0.29, 0.717) is 19.5 Å². The number of fused-ring (bicyclic) bond motifs is 1. The average Bonchev–Trinajstić information content (AvgIpc) is 2.71. The maximum absolute atomic E-state index is 11.9. The fraction of sp³-hybridized carbons (Fsp3) is 0.583. The lowest BCUT2D eigenvalue weighted by atomic mass is 10.2. The van der Waals surface area contributed by atoms with Crippen LogP contribution in [0.25, 0.3) is 0 Å². The van der Waals surface area contributed by atoms with E-state index in [4.69, 9.17) is 0 Å². The molecular formula is C12H18N4O2. The third kappa shape index (κ3) is 2.52. The summed E-state index contributed by atoms with van der Waals surface area (Å²) in [6, 6.07) is 1.84. The van der Waals surface area contributed by atoms with E-state index in [-0.39, 0.29) is 18.4 Å². The van der Waals surface area contributed by atoms with Crippen LogP contribution < -0.4 is 10.2 Å². The monoisotopic (exact) mass is 250 g/mol. The second kappa shape index (κ2) is 5.20. The lowest BCUT2D eigenvalue weighted by Crippen LogP contribution is -2.44. The first-order chi connectivity index (χ1) is 8.61. The highest BCUT2D eigenvalue weighted by atomic mass is 16.2. The molecule has 0 spiro atoms. The fourth-order valence-electron chi connectivity index (χ4n) is 2.01. The normalized spacial score (nSPS) is 14.6. The maximum Gasteiger partial charge on any atom is 0.240 e. The number of aryl methyl sites for hydroxylation is 2. The molecule has 0 radical (unpaired) electrons. The molecule has 0 fully saturated rings. The van der Waals surface area contributed by atoms with Gasteiger partial charge in [0.15, 0.2) is 0 Å². The van der Waals surface area contributed by atoms with Crippen molar-refractivity contribution < 1.29 is 9.59 Å². The van der Waals surface area contributed by atoms with Crippen LogP contribution in [0.1, 0.15) is 25.5 Å². The van der Waals surface area contributed by atoms with Crippen LogP contribution in [-0.2, 0) is 16.1 Å². The van der Waals surface area contributed by atoms with Crippen molar-refractivity contribution in [2.75, 3.05) is 18.0 Å². The zero-order chi connectivity index (χ0) is 13.1. The van der Waals surface area contributed by atoms with E-state index in [1.54, 1.807) is 4.68 Å². The Morgan fingerprint density at radius 3 is 3.06 bits per heavy atom. The van der Waals surface area contributed by atoms with E-state index in [1.807, 2.05) is 19.9 Å². The molecule has 1 aliphatic rings. The third-order valence-electron chi connectivity index (χ3n) is 2.87. The molecule has 6 nitrogen and oxygen atoms in total. The number of anilines is 1. The zero-order valence-electron chi connectivity index (χ0n) is 10.8. The molecule has 98 valence electrons. The number of nitrogens with zero attached hydrogens (tertiary/aromatic N) is 3. The Bertz CT molecular complexity index is 467. The van der Waals surface area contributed by atoms with E-state index < -0.39 is 0 Å². The van der Waals surface area contributed by atoms with Crippen molar-refractivity contribution in [3.63, 3.8) is 0 Å². The molecule has 1 aromatic rings. The molecule has 0 unspecified atom stereocenters. The van der Waals surface area contributed by atoms with Gasteiger partial charge in [0.05, 0.1) is 12.2 Å². The zero-order valence-corrected chi connectivity index (χ0v) is 10.8. The summed E-state index contributed by atoms with van der Waals surface area (Å²) >= 11 is 0. The summed E-state index contributed by atoms with van der Waals surface area (Å²) in [6.07, 6.45) is 1.28. The molecule has 2 amide bonds. The summed E-state index contributed by atoms with van der Waals surface area (Å²) in [5, 5.41) is 7.07. The summed E-state index contributed by atoms with van der Waals surface area (Å²) in [7, 11) is 0. The van der Waals surface area contributed by atoms with Crippen molar-refractivity contribution in [2.45, 2.75) is 33.2 Å². The molecule has 0 atom stereocenters. The van der Waals surface area contributed by atoms with Gasteiger partial charge in [-0.2, -0.15) is 5.10 Å². The Kier molecular flexibility index (Phi) is 3.64. The standard InChI is InChI=1S/C12H18N4O2/c1-3-5-13-10(17)8-15-11-7-9(2)14-16(11)6-4-12(15)18/h7H,3-6,8H2,1-2H3,(H,13,17). The molecule has 1 aromatic heterocycles. The molecule has 0 aliphatic carbocycles. The van der Waals surface area contributed by atoms with Crippen LogP contribution in [0.3, 0.4) is 0 Å². The Morgan fingerprint density at radius 1 is 1.56 bits per heavy atom. The molecule has 2 heterocycles. The van der Waals surface area contributed by atoms with Crippen molar-refractivity contribution >= 4 is 17.6 Å². The number of carbonyl (C=O) groups excluding carboxylic acids is 2. The van der Waals surface area contributed by atoms with Gasteiger partial charge in [0.25, 0.3) is 0 Å². The summed E-state index contributed by atoms with van der Waals surface area (Å²) in [4.78, 5) is 25.1. The Balaban J connectivity index is 2.11. The van der Waals surface area contributed by atoms with Gasteiger partial charge >= 0.3 is 0 Å². The van der Waals surface area contributed by atoms with Crippen LogP contribution in [0.15, 0.2) is 6.07 Å². The van der Waals surface area contributed by atoms with Gasteiger partial charge in [-0.15, -0.1) is 0 Å². The van der Waals surface area contributed by atoms with Gasteiger partial charge < -0.3 is 5.32 Å². The molecule has 0 saturated heterocycles. The van der Waals surface area contributed by atoms with Crippen LogP contribution in [0.5, 0.6) is 0 Å². The fourth-order valence-corrected chi connectivity index (χ4v) is 2.01. The minimum Gasteiger partial charge on any atom is -0.355 e. The highest BCUT2D eigenvalue weighted by molar-refractivity contribution is 5.98. The summed E-state index contributed by atoms with van der Waals surface area (Å²) < 4.78 is 1.78. The van der Waals surface area contributed by atoms with Gasteiger partial charge in [-0.1, -0.05) is 6.92 Å². The number of nitrogens with one attached hydrogen (secondary N) is 1. The van der Waals surface area contributed by atoms with Crippen LogP contribution in [0.2, 0.25) is 0 Å². The predicted molar refractivity (Wildman–Crippen MR) is 67.2 cm³/mol. The van der Waals surface area contributed by atoms with Crippen molar-refractivity contribution in [1.29, 1.82) is 0 Å². The van der Waals surface area contributed by atoms with E-state index >= 15 is 0 Å². The Hall–Kier alpha value is -1.85. The van der Waals surface area contributed by atoms with Gasteiger partial charge in [0, 0.05) is 19.0 Å². The maximum atomic E-state index is 11.9. The summed E-state index contributed by atoms with van der Waals surface area (Å²) in [6.45, 7) is 5.17. The quantitative estimate of drug-likeness (QED) is 0.844. The van der Waals surface area contributed by atoms with E-state index in [0.717, 1.165) is 17.9 Å². The van der Waals surface area contributed by atoms with Crippen LogP contribution in [-0.4, -0.2) is 34.7 Å². The van der Waals surface area contributed by atoms with Crippen molar-refractivity contribution in [3.05, 3.63) is 11.8 Å². The SMILES string of the molecule is CCCNC(=O)CN1C(=O)CCn2nc(C)cc21. The number of hydrogen-bond acceptors (Lipinski definition) is 3. The molecule has 1 aliphatic heterocycles. The van der Waals surface area contributed by atoms with Crippen molar-refractivity contribution in [3.8, 4) is 0 Å². The lowest BCUT2D eigenvalue weighted by Gasteiger charge is -2.26. The molecular weight excluding hydrogens is 232 g/mol. The molecule has 0 aromatic carbocycles. The largest absolute Gasteiger partial charge is 0.355 e. The van der Waals surface area contributed by atoms with E-state index in [1.165, 1.54) is 4.90 Å². The molecule has 1 N–H and O–H groups in total. The predicted octanol–water partition coefficient (Wildman–Crippen LogP) is 0.454. The third-order valence-corrected chi connectivity index (χ3v) is 2.87. The highest BCUT2D eigenvalue weighted by Crippen LogP contribution is 2.21. The molecule has 6 heteroatoms. The number of rotatable bonds is 4. The number of aromatic nitrogens is 2. The van der Waals surface area contributed by atoms with Crippen molar-refractivity contribution in [1.82, 2.24) is 15.1 Å². The minimum atomic E-state index is -0.127. The van der Waals surface area contributed by atoms with Crippen LogP contribution in [0, 0.1) is 6.92 Å². The highest BCUT2D eigenvalue weighted by Gasteiger charge is 2.27. The second-order valence-corrected chi connectivity index (χ2v) is 4.45. The number of carbonyl (C=O) groups is 2. The van der Waals surface area contributed by atoms with Gasteiger partial charge in [0.2, 0.25) is 11.8 Å². The average molecular weight is 250 g/mol. The number of hydrogen-bond donors (Lipinski definition) is 1. The smallest absolute Gasteiger partial charge is 0.240 e. The first-order valence-corrected chi connectivity index (χ1v) is 6.23. The van der Waals surface area contributed by atoms with Gasteiger partial charge in [-0.3, -0.25) is 14.5 Å².